The van der Waals surface area contributed by atoms with Crippen LogP contribution in [0.2, 0.25) is 0 Å². The zero-order valence-corrected chi connectivity index (χ0v) is 11.3. The first kappa shape index (κ1) is 12.4. The fourth-order valence-electron chi connectivity index (χ4n) is 1.96. The van der Waals surface area contributed by atoms with Crippen molar-refractivity contribution in [2.24, 2.45) is 5.92 Å². The van der Waals surface area contributed by atoms with Gasteiger partial charge in [0.15, 0.2) is 0 Å². The van der Waals surface area contributed by atoms with Crippen molar-refractivity contribution in [3.8, 4) is 0 Å². The van der Waals surface area contributed by atoms with Crippen LogP contribution in [0.4, 0.5) is 0 Å². The molecule has 2 atom stereocenters. The van der Waals surface area contributed by atoms with Crippen molar-refractivity contribution in [1.29, 1.82) is 0 Å². The molecule has 0 spiro atoms. The molecule has 2 rings (SSSR count). The summed E-state index contributed by atoms with van der Waals surface area (Å²) in [4.78, 5) is 1.39. The molecule has 1 unspecified atom stereocenters. The Morgan fingerprint density at radius 2 is 2.00 bits per heavy atom. The van der Waals surface area contributed by atoms with Gasteiger partial charge in [0.25, 0.3) is 0 Å². The lowest BCUT2D eigenvalue weighted by Crippen LogP contribution is -2.27. The van der Waals surface area contributed by atoms with Crippen LogP contribution in [0.25, 0.3) is 0 Å². The highest BCUT2D eigenvalue weighted by atomic mass is 32.1. The molecule has 0 aliphatic carbocycles. The van der Waals surface area contributed by atoms with Crippen LogP contribution in [0, 0.1) is 5.92 Å². The van der Waals surface area contributed by atoms with E-state index in [0.29, 0.717) is 12.0 Å². The van der Waals surface area contributed by atoms with Crippen LogP contribution in [0.5, 0.6) is 0 Å². The van der Waals surface area contributed by atoms with Crippen LogP contribution in [-0.4, -0.2) is 0 Å². The summed E-state index contributed by atoms with van der Waals surface area (Å²) in [5, 5.41) is 5.77. The van der Waals surface area contributed by atoms with Gasteiger partial charge in [-0.25, -0.2) is 0 Å². The summed E-state index contributed by atoms with van der Waals surface area (Å²) in [7, 11) is 0. The molecule has 2 nitrogen and oxygen atoms in total. The van der Waals surface area contributed by atoms with E-state index in [1.165, 1.54) is 4.88 Å². The van der Waals surface area contributed by atoms with Gasteiger partial charge in [-0.05, 0) is 36.4 Å². The zero-order valence-electron chi connectivity index (χ0n) is 10.5. The van der Waals surface area contributed by atoms with E-state index in [4.69, 9.17) is 4.42 Å². The summed E-state index contributed by atoms with van der Waals surface area (Å²) < 4.78 is 5.43. The molecule has 0 amide bonds. The van der Waals surface area contributed by atoms with Gasteiger partial charge in [-0.15, -0.1) is 11.3 Å². The molecule has 0 bridgehead atoms. The minimum atomic E-state index is 0.236. The highest BCUT2D eigenvalue weighted by Crippen LogP contribution is 2.28. The molecule has 0 saturated carbocycles. The summed E-state index contributed by atoms with van der Waals surface area (Å²) in [5.74, 6) is 1.55. The van der Waals surface area contributed by atoms with Gasteiger partial charge in [0.1, 0.15) is 5.76 Å². The number of hydrogen-bond donors (Lipinski definition) is 1. The monoisotopic (exact) mass is 249 g/mol. The van der Waals surface area contributed by atoms with Gasteiger partial charge in [-0.1, -0.05) is 19.9 Å². The molecule has 0 aliphatic heterocycles. The van der Waals surface area contributed by atoms with Crippen molar-refractivity contribution in [2.45, 2.75) is 32.9 Å². The van der Waals surface area contributed by atoms with Crippen molar-refractivity contribution in [3.63, 3.8) is 0 Å². The number of thiophene rings is 1. The average molecular weight is 249 g/mol. The van der Waals surface area contributed by atoms with Crippen LogP contribution in [0.15, 0.2) is 40.3 Å². The van der Waals surface area contributed by atoms with Crippen LogP contribution >= 0.6 is 11.3 Å². The van der Waals surface area contributed by atoms with Gasteiger partial charge in [0, 0.05) is 10.9 Å². The van der Waals surface area contributed by atoms with Crippen molar-refractivity contribution < 1.29 is 4.42 Å². The van der Waals surface area contributed by atoms with E-state index in [1.54, 1.807) is 17.6 Å². The van der Waals surface area contributed by atoms with Crippen molar-refractivity contribution >= 4 is 11.3 Å². The van der Waals surface area contributed by atoms with Gasteiger partial charge in [0.2, 0.25) is 0 Å². The van der Waals surface area contributed by atoms with E-state index in [-0.39, 0.29) is 6.04 Å². The van der Waals surface area contributed by atoms with E-state index in [2.05, 4.69) is 43.6 Å². The SMILES string of the molecule is CC(C)C(N[C@@H](C)c1ccco1)c1cccs1. The normalized spacial score (nSPS) is 15.1. The molecular weight excluding hydrogens is 230 g/mol. The fraction of sp³-hybridized carbons (Fsp3) is 0.429. The zero-order chi connectivity index (χ0) is 12.3. The number of nitrogens with one attached hydrogen (secondary N) is 1. The summed E-state index contributed by atoms with van der Waals surface area (Å²) in [6, 6.07) is 8.87. The van der Waals surface area contributed by atoms with Crippen molar-refractivity contribution in [1.82, 2.24) is 5.32 Å². The first-order chi connectivity index (χ1) is 8.18. The topological polar surface area (TPSA) is 25.2 Å². The van der Waals surface area contributed by atoms with Gasteiger partial charge >= 0.3 is 0 Å². The second kappa shape index (κ2) is 5.52. The molecule has 2 heterocycles. The van der Waals surface area contributed by atoms with Crippen LogP contribution in [0.1, 0.15) is 43.5 Å². The summed E-state index contributed by atoms with van der Waals surface area (Å²) in [6.45, 7) is 6.63. The van der Waals surface area contributed by atoms with E-state index in [9.17, 15) is 0 Å². The maximum Gasteiger partial charge on any atom is 0.120 e. The second-order valence-electron chi connectivity index (χ2n) is 4.64. The lowest BCUT2D eigenvalue weighted by atomic mass is 10.0. The molecule has 3 heteroatoms. The Morgan fingerprint density at radius 3 is 2.53 bits per heavy atom. The molecule has 0 fully saturated rings. The van der Waals surface area contributed by atoms with E-state index < -0.39 is 0 Å². The maximum absolute atomic E-state index is 5.43. The van der Waals surface area contributed by atoms with Crippen LogP contribution in [-0.2, 0) is 0 Å². The Bertz CT molecular complexity index is 419. The number of furan rings is 1. The third-order valence-electron chi connectivity index (χ3n) is 2.92. The molecule has 17 heavy (non-hydrogen) atoms. The van der Waals surface area contributed by atoms with Gasteiger partial charge in [-0.3, -0.25) is 5.32 Å². The quantitative estimate of drug-likeness (QED) is 0.850. The van der Waals surface area contributed by atoms with Crippen molar-refractivity contribution in [3.05, 3.63) is 46.5 Å². The molecule has 0 radical (unpaired) electrons. The number of hydrogen-bond acceptors (Lipinski definition) is 3. The Morgan fingerprint density at radius 1 is 1.18 bits per heavy atom. The standard InChI is InChI=1S/C14H19NOS/c1-10(2)14(13-7-5-9-17-13)15-11(3)12-6-4-8-16-12/h4-11,14-15H,1-3H3/t11-,14?/m0/s1. The lowest BCUT2D eigenvalue weighted by Gasteiger charge is -2.24. The van der Waals surface area contributed by atoms with E-state index >= 15 is 0 Å². The molecular formula is C14H19NOS. The van der Waals surface area contributed by atoms with Crippen LogP contribution in [0.3, 0.4) is 0 Å². The van der Waals surface area contributed by atoms with Crippen molar-refractivity contribution in [2.75, 3.05) is 0 Å². The third-order valence-corrected chi connectivity index (χ3v) is 3.87. The summed E-state index contributed by atoms with van der Waals surface area (Å²) in [6.07, 6.45) is 1.73. The minimum absolute atomic E-state index is 0.236. The minimum Gasteiger partial charge on any atom is -0.468 e. The smallest absolute Gasteiger partial charge is 0.120 e. The Kier molecular flexibility index (Phi) is 4.02. The molecule has 0 aliphatic rings. The predicted molar refractivity (Wildman–Crippen MR) is 72.2 cm³/mol. The van der Waals surface area contributed by atoms with E-state index in [1.807, 2.05) is 12.1 Å². The van der Waals surface area contributed by atoms with E-state index in [0.717, 1.165) is 5.76 Å². The maximum atomic E-state index is 5.43. The fourth-order valence-corrected chi connectivity index (χ4v) is 2.92. The van der Waals surface area contributed by atoms with Gasteiger partial charge in [-0.2, -0.15) is 0 Å². The molecule has 0 saturated heterocycles. The molecule has 2 aromatic heterocycles. The Balaban J connectivity index is 2.09. The first-order valence-corrected chi connectivity index (χ1v) is 6.89. The first-order valence-electron chi connectivity index (χ1n) is 6.01. The highest BCUT2D eigenvalue weighted by Gasteiger charge is 2.20. The number of rotatable bonds is 5. The van der Waals surface area contributed by atoms with Gasteiger partial charge in [0.05, 0.1) is 12.3 Å². The lowest BCUT2D eigenvalue weighted by molar-refractivity contribution is 0.344. The predicted octanol–water partition coefficient (Wildman–Crippen LogP) is 4.39. The third kappa shape index (κ3) is 2.99. The summed E-state index contributed by atoms with van der Waals surface area (Å²) in [5.41, 5.74) is 0. The molecule has 0 aromatic carbocycles. The Hall–Kier alpha value is -1.06. The molecule has 92 valence electrons. The molecule has 2 aromatic rings. The molecule has 1 N–H and O–H groups in total. The van der Waals surface area contributed by atoms with Crippen LogP contribution < -0.4 is 5.32 Å². The summed E-state index contributed by atoms with van der Waals surface area (Å²) >= 11 is 1.81. The largest absolute Gasteiger partial charge is 0.468 e. The average Bonchev–Trinajstić information content (AvgIpc) is 2.97. The van der Waals surface area contributed by atoms with Gasteiger partial charge < -0.3 is 4.42 Å². The second-order valence-corrected chi connectivity index (χ2v) is 5.62. The highest BCUT2D eigenvalue weighted by molar-refractivity contribution is 7.10. The Labute approximate surface area is 107 Å².